The molecule has 1 amide bonds. The molecule has 0 radical (unpaired) electrons. The van der Waals surface area contributed by atoms with Crippen LogP contribution in [-0.2, 0) is 14.3 Å². The summed E-state index contributed by atoms with van der Waals surface area (Å²) in [6.45, 7) is 3.53. The van der Waals surface area contributed by atoms with E-state index < -0.39 is 12.1 Å². The summed E-state index contributed by atoms with van der Waals surface area (Å²) in [5.41, 5.74) is 5.16. The number of carbonyl (C=O) groups excluding carboxylic acids is 2. The number of hydrogen-bond acceptors (Lipinski definition) is 4. The quantitative estimate of drug-likeness (QED) is 0.536. The zero-order valence-electron chi connectivity index (χ0n) is 7.29. The molecule has 0 bridgehead atoms. The summed E-state index contributed by atoms with van der Waals surface area (Å²) >= 11 is 0. The second-order valence-corrected chi connectivity index (χ2v) is 2.33. The number of amides is 1. The van der Waals surface area contributed by atoms with Crippen molar-refractivity contribution in [2.45, 2.75) is 20.0 Å². The second kappa shape index (κ2) is 5.54. The van der Waals surface area contributed by atoms with E-state index >= 15 is 0 Å². The largest absolute Gasteiger partial charge is 0.453 e. The van der Waals surface area contributed by atoms with Crippen LogP contribution in [0.3, 0.4) is 0 Å². The number of ether oxygens (including phenoxy) is 1. The number of carbonyl (C=O) groups is 2. The molecule has 0 aliphatic heterocycles. The van der Waals surface area contributed by atoms with Crippen LogP contribution < -0.4 is 11.1 Å². The maximum atomic E-state index is 11.0. The van der Waals surface area contributed by atoms with Gasteiger partial charge in [-0.05, 0) is 6.92 Å². The van der Waals surface area contributed by atoms with Gasteiger partial charge in [-0.3, -0.25) is 9.59 Å². The topological polar surface area (TPSA) is 81.4 Å². The van der Waals surface area contributed by atoms with Crippen molar-refractivity contribution in [1.29, 1.82) is 0 Å². The Morgan fingerprint density at radius 2 is 2.17 bits per heavy atom. The first-order valence-corrected chi connectivity index (χ1v) is 3.73. The Morgan fingerprint density at radius 3 is 2.58 bits per heavy atom. The minimum absolute atomic E-state index is 0.323. The van der Waals surface area contributed by atoms with Crippen LogP contribution in [0.15, 0.2) is 0 Å². The zero-order chi connectivity index (χ0) is 9.56. The van der Waals surface area contributed by atoms with E-state index in [9.17, 15) is 9.59 Å². The van der Waals surface area contributed by atoms with E-state index in [1.54, 1.807) is 0 Å². The van der Waals surface area contributed by atoms with Crippen LogP contribution in [0.4, 0.5) is 0 Å². The Bertz CT molecular complexity index is 170. The highest BCUT2D eigenvalue weighted by Gasteiger charge is 2.13. The average molecular weight is 174 g/mol. The van der Waals surface area contributed by atoms with Gasteiger partial charge in [0, 0.05) is 20.0 Å². The number of hydrogen-bond donors (Lipinski definition) is 2. The average Bonchev–Trinajstić information content (AvgIpc) is 1.98. The molecule has 0 saturated heterocycles. The van der Waals surface area contributed by atoms with Crippen molar-refractivity contribution in [3.8, 4) is 0 Å². The third-order valence-corrected chi connectivity index (χ3v) is 1.16. The lowest BCUT2D eigenvalue weighted by Gasteiger charge is -2.10. The van der Waals surface area contributed by atoms with Crippen molar-refractivity contribution in [2.24, 2.45) is 5.73 Å². The maximum absolute atomic E-state index is 11.0. The van der Waals surface area contributed by atoms with Gasteiger partial charge in [0.2, 0.25) is 0 Å². The first-order chi connectivity index (χ1) is 5.57. The highest BCUT2D eigenvalue weighted by Crippen LogP contribution is 1.90. The van der Waals surface area contributed by atoms with Crippen LogP contribution in [0.1, 0.15) is 13.8 Å². The van der Waals surface area contributed by atoms with Crippen molar-refractivity contribution in [3.63, 3.8) is 0 Å². The molecule has 0 aromatic heterocycles. The standard InChI is InChI=1S/C7H14N2O3/c1-5(12-6(2)10)7(11)9-4-3-8/h5H,3-4,8H2,1-2H3,(H,9,11)/t5-/m0/s1. The van der Waals surface area contributed by atoms with Gasteiger partial charge in [0.05, 0.1) is 0 Å². The minimum Gasteiger partial charge on any atom is -0.453 e. The first kappa shape index (κ1) is 10.9. The summed E-state index contributed by atoms with van der Waals surface area (Å²) in [5, 5.41) is 2.50. The molecule has 70 valence electrons. The van der Waals surface area contributed by atoms with Gasteiger partial charge in [-0.15, -0.1) is 0 Å². The zero-order valence-corrected chi connectivity index (χ0v) is 7.29. The van der Waals surface area contributed by atoms with Gasteiger partial charge in [-0.2, -0.15) is 0 Å². The van der Waals surface area contributed by atoms with Crippen LogP contribution in [0.5, 0.6) is 0 Å². The molecular formula is C7H14N2O3. The highest BCUT2D eigenvalue weighted by molar-refractivity contribution is 5.82. The van der Waals surface area contributed by atoms with Crippen LogP contribution in [0.25, 0.3) is 0 Å². The summed E-state index contributed by atoms with van der Waals surface area (Å²) in [4.78, 5) is 21.4. The van der Waals surface area contributed by atoms with Gasteiger partial charge in [-0.25, -0.2) is 0 Å². The van der Waals surface area contributed by atoms with Crippen molar-refractivity contribution >= 4 is 11.9 Å². The molecule has 5 heteroatoms. The minimum atomic E-state index is -0.742. The molecule has 0 aliphatic carbocycles. The first-order valence-electron chi connectivity index (χ1n) is 3.73. The summed E-state index contributed by atoms with van der Waals surface area (Å²) in [6, 6.07) is 0. The Balaban J connectivity index is 3.69. The number of rotatable bonds is 4. The summed E-state index contributed by atoms with van der Waals surface area (Å²) < 4.78 is 4.62. The predicted molar refractivity (Wildman–Crippen MR) is 43.3 cm³/mol. The van der Waals surface area contributed by atoms with Gasteiger partial charge in [0.25, 0.3) is 5.91 Å². The number of nitrogens with two attached hydrogens (primary N) is 1. The molecule has 0 rings (SSSR count). The molecule has 1 atom stereocenters. The van der Waals surface area contributed by atoms with Crippen molar-refractivity contribution in [2.75, 3.05) is 13.1 Å². The van der Waals surface area contributed by atoms with Crippen LogP contribution in [-0.4, -0.2) is 31.1 Å². The van der Waals surface area contributed by atoms with Crippen molar-refractivity contribution in [3.05, 3.63) is 0 Å². The molecule has 5 nitrogen and oxygen atoms in total. The van der Waals surface area contributed by atoms with E-state index in [2.05, 4.69) is 10.1 Å². The van der Waals surface area contributed by atoms with Gasteiger partial charge < -0.3 is 15.8 Å². The van der Waals surface area contributed by atoms with E-state index in [-0.39, 0.29) is 5.91 Å². The van der Waals surface area contributed by atoms with Crippen LogP contribution in [0, 0.1) is 0 Å². The fraction of sp³-hybridized carbons (Fsp3) is 0.714. The van der Waals surface area contributed by atoms with Gasteiger partial charge in [-0.1, -0.05) is 0 Å². The molecule has 0 unspecified atom stereocenters. The van der Waals surface area contributed by atoms with E-state index in [4.69, 9.17) is 5.73 Å². The lowest BCUT2D eigenvalue weighted by Crippen LogP contribution is -2.37. The van der Waals surface area contributed by atoms with E-state index in [0.717, 1.165) is 0 Å². The van der Waals surface area contributed by atoms with E-state index in [1.165, 1.54) is 13.8 Å². The number of nitrogens with one attached hydrogen (secondary N) is 1. The number of esters is 1. The molecule has 0 aliphatic rings. The Hall–Kier alpha value is -1.10. The monoisotopic (exact) mass is 174 g/mol. The molecule has 3 N–H and O–H groups in total. The molecule has 0 heterocycles. The molecule has 12 heavy (non-hydrogen) atoms. The lowest BCUT2D eigenvalue weighted by atomic mass is 10.4. The summed E-state index contributed by atoms with van der Waals surface area (Å²) in [5.74, 6) is -0.791. The van der Waals surface area contributed by atoms with Gasteiger partial charge in [0.15, 0.2) is 6.10 Å². The fourth-order valence-electron chi connectivity index (χ4n) is 0.642. The molecule has 0 aromatic rings. The van der Waals surface area contributed by atoms with Crippen molar-refractivity contribution in [1.82, 2.24) is 5.32 Å². The Kier molecular flexibility index (Phi) is 5.03. The Labute approximate surface area is 71.3 Å². The Morgan fingerprint density at radius 1 is 1.58 bits per heavy atom. The summed E-state index contributed by atoms with van der Waals surface area (Å²) in [6.07, 6.45) is -0.742. The molecule has 0 spiro atoms. The van der Waals surface area contributed by atoms with Crippen LogP contribution in [0.2, 0.25) is 0 Å². The van der Waals surface area contributed by atoms with E-state index in [1.807, 2.05) is 0 Å². The van der Waals surface area contributed by atoms with Gasteiger partial charge in [0.1, 0.15) is 0 Å². The highest BCUT2D eigenvalue weighted by atomic mass is 16.5. The third-order valence-electron chi connectivity index (χ3n) is 1.16. The fourth-order valence-corrected chi connectivity index (χ4v) is 0.642. The van der Waals surface area contributed by atoms with Crippen molar-refractivity contribution < 1.29 is 14.3 Å². The SMILES string of the molecule is CC(=O)O[C@@H](C)C(=O)NCCN. The van der Waals surface area contributed by atoms with E-state index in [0.29, 0.717) is 13.1 Å². The van der Waals surface area contributed by atoms with Crippen LogP contribution >= 0.6 is 0 Å². The molecule has 0 fully saturated rings. The maximum Gasteiger partial charge on any atom is 0.303 e. The second-order valence-electron chi connectivity index (χ2n) is 2.33. The molecular weight excluding hydrogens is 160 g/mol. The summed E-state index contributed by atoms with van der Waals surface area (Å²) in [7, 11) is 0. The smallest absolute Gasteiger partial charge is 0.303 e. The third kappa shape index (κ3) is 4.68. The predicted octanol–water partition coefficient (Wildman–Crippen LogP) is -0.987. The normalized spacial score (nSPS) is 11.9. The molecule has 0 aromatic carbocycles. The molecule has 0 saturated carbocycles. The lowest BCUT2D eigenvalue weighted by molar-refractivity contribution is -0.152. The van der Waals surface area contributed by atoms with Gasteiger partial charge >= 0.3 is 5.97 Å².